The molecule has 2 rings (SSSR count). The van der Waals surface area contributed by atoms with Gasteiger partial charge in [0.15, 0.2) is 0 Å². The summed E-state index contributed by atoms with van der Waals surface area (Å²) in [7, 11) is 2.53. The number of aryl methyl sites for hydroxylation is 1. The van der Waals surface area contributed by atoms with E-state index in [1.807, 2.05) is 0 Å². The number of carbonyl (C=O) groups is 4. The molecule has 0 heterocycles. The van der Waals surface area contributed by atoms with Crippen molar-refractivity contribution in [1.29, 1.82) is 0 Å². The van der Waals surface area contributed by atoms with Crippen LogP contribution in [0.5, 0.6) is 5.75 Å². The minimum Gasteiger partial charge on any atom is -0.496 e. The fraction of sp³-hybridized carbons (Fsp3) is 0.304. The van der Waals surface area contributed by atoms with Gasteiger partial charge in [-0.25, -0.2) is 19.8 Å². The molecule has 0 saturated carbocycles. The van der Waals surface area contributed by atoms with Crippen LogP contribution in [0.4, 0.5) is 15.3 Å². The number of hydrazine groups is 1. The summed E-state index contributed by atoms with van der Waals surface area (Å²) in [5.41, 5.74) is 2.25. The molecule has 11 heteroatoms. The number of benzene rings is 2. The van der Waals surface area contributed by atoms with E-state index in [0.717, 1.165) is 5.01 Å². The Kier molecular flexibility index (Phi) is 8.47. The smallest absolute Gasteiger partial charge is 0.427 e. The predicted octanol–water partition coefficient (Wildman–Crippen LogP) is 4.24. The summed E-state index contributed by atoms with van der Waals surface area (Å²) in [6, 6.07) is 7.85. The SMILES string of the molecule is COC(=O)c1ccc(N(NC(=O)OC(C)(C)C)C(=O)NC(=O)c2c(C)cccc2Cl)cc1OC. The van der Waals surface area contributed by atoms with Gasteiger partial charge < -0.3 is 14.2 Å². The molecule has 2 aromatic rings. The highest BCUT2D eigenvalue weighted by Crippen LogP contribution is 2.26. The van der Waals surface area contributed by atoms with Gasteiger partial charge in [0.25, 0.3) is 5.91 Å². The summed E-state index contributed by atoms with van der Waals surface area (Å²) in [4.78, 5) is 50.2. The van der Waals surface area contributed by atoms with E-state index < -0.39 is 29.6 Å². The molecule has 0 atom stereocenters. The first kappa shape index (κ1) is 26.5. The second-order valence-electron chi connectivity index (χ2n) is 8.02. The molecule has 0 radical (unpaired) electrons. The number of hydrogen-bond acceptors (Lipinski definition) is 7. The highest BCUT2D eigenvalue weighted by molar-refractivity contribution is 6.34. The molecular weight excluding hydrogens is 466 g/mol. The predicted molar refractivity (Wildman–Crippen MR) is 125 cm³/mol. The molecule has 0 unspecified atom stereocenters. The van der Waals surface area contributed by atoms with Gasteiger partial charge in [0.05, 0.1) is 30.5 Å². The average Bonchev–Trinajstić information content (AvgIpc) is 2.75. The summed E-state index contributed by atoms with van der Waals surface area (Å²) in [6.45, 7) is 6.61. The van der Waals surface area contributed by atoms with Crippen LogP contribution >= 0.6 is 11.6 Å². The number of nitrogens with zero attached hydrogens (tertiary/aromatic N) is 1. The third-order valence-corrected chi connectivity index (χ3v) is 4.64. The van der Waals surface area contributed by atoms with Crippen LogP contribution in [0.1, 0.15) is 47.1 Å². The van der Waals surface area contributed by atoms with E-state index in [4.69, 9.17) is 25.8 Å². The first-order valence-electron chi connectivity index (χ1n) is 10.0. The lowest BCUT2D eigenvalue weighted by molar-refractivity contribution is 0.0521. The molecule has 2 aromatic carbocycles. The number of halogens is 1. The van der Waals surface area contributed by atoms with Crippen molar-refractivity contribution in [3.8, 4) is 5.75 Å². The Bertz CT molecular complexity index is 1090. The van der Waals surface area contributed by atoms with Crippen LogP contribution in [0, 0.1) is 6.92 Å². The summed E-state index contributed by atoms with van der Waals surface area (Å²) >= 11 is 6.13. The monoisotopic (exact) mass is 491 g/mol. The van der Waals surface area contributed by atoms with Gasteiger partial charge in [0, 0.05) is 6.07 Å². The van der Waals surface area contributed by atoms with Crippen molar-refractivity contribution in [1.82, 2.24) is 10.7 Å². The summed E-state index contributed by atoms with van der Waals surface area (Å²) < 4.78 is 15.2. The number of rotatable bonds is 4. The third kappa shape index (κ3) is 6.61. The molecule has 0 fully saturated rings. The third-order valence-electron chi connectivity index (χ3n) is 4.32. The van der Waals surface area contributed by atoms with Crippen LogP contribution in [-0.2, 0) is 9.47 Å². The number of anilines is 1. The van der Waals surface area contributed by atoms with E-state index in [1.54, 1.807) is 39.8 Å². The van der Waals surface area contributed by atoms with Crippen LogP contribution in [-0.4, -0.2) is 43.8 Å². The number of carbonyl (C=O) groups excluding carboxylic acids is 4. The number of hydrogen-bond donors (Lipinski definition) is 2. The van der Waals surface area contributed by atoms with E-state index in [-0.39, 0.29) is 27.6 Å². The van der Waals surface area contributed by atoms with Gasteiger partial charge in [-0.2, -0.15) is 5.01 Å². The number of amides is 4. The van der Waals surface area contributed by atoms with Crippen molar-refractivity contribution < 1.29 is 33.4 Å². The molecular formula is C23H26ClN3O7. The van der Waals surface area contributed by atoms with E-state index in [1.165, 1.54) is 38.5 Å². The zero-order valence-corrected chi connectivity index (χ0v) is 20.4. The molecule has 0 aliphatic carbocycles. The van der Waals surface area contributed by atoms with Gasteiger partial charge in [-0.1, -0.05) is 23.7 Å². The molecule has 0 aromatic heterocycles. The Morgan fingerprint density at radius 1 is 1.03 bits per heavy atom. The zero-order chi connectivity index (χ0) is 25.6. The normalized spacial score (nSPS) is 10.7. The molecule has 10 nitrogen and oxygen atoms in total. The first-order chi connectivity index (χ1) is 15.9. The first-order valence-corrected chi connectivity index (χ1v) is 10.4. The van der Waals surface area contributed by atoms with Gasteiger partial charge in [-0.05, 0) is 51.5 Å². The molecule has 2 N–H and O–H groups in total. The molecule has 0 spiro atoms. The number of imide groups is 1. The van der Waals surface area contributed by atoms with Crippen LogP contribution < -0.4 is 20.5 Å². The highest BCUT2D eigenvalue weighted by atomic mass is 35.5. The van der Waals surface area contributed by atoms with E-state index in [2.05, 4.69) is 10.7 Å². The van der Waals surface area contributed by atoms with Crippen molar-refractivity contribution in [3.05, 3.63) is 58.1 Å². The maximum absolute atomic E-state index is 13.1. The van der Waals surface area contributed by atoms with Gasteiger partial charge in [-0.3, -0.25) is 10.1 Å². The maximum atomic E-state index is 13.1. The van der Waals surface area contributed by atoms with Crippen molar-refractivity contribution in [2.24, 2.45) is 0 Å². The second kappa shape index (κ2) is 10.9. The Balaban J connectivity index is 2.43. The second-order valence-corrected chi connectivity index (χ2v) is 8.42. The summed E-state index contributed by atoms with van der Waals surface area (Å²) in [6.07, 6.45) is -0.958. The number of ether oxygens (including phenoxy) is 3. The van der Waals surface area contributed by atoms with E-state index >= 15 is 0 Å². The molecule has 34 heavy (non-hydrogen) atoms. The molecule has 182 valence electrons. The number of nitrogens with one attached hydrogen (secondary N) is 2. The van der Waals surface area contributed by atoms with Crippen molar-refractivity contribution in [2.45, 2.75) is 33.3 Å². The topological polar surface area (TPSA) is 123 Å². The number of urea groups is 1. The molecule has 0 aliphatic heterocycles. The van der Waals surface area contributed by atoms with Crippen molar-refractivity contribution in [2.75, 3.05) is 19.2 Å². The minimum atomic E-state index is -1.01. The van der Waals surface area contributed by atoms with Crippen LogP contribution in [0.15, 0.2) is 36.4 Å². The van der Waals surface area contributed by atoms with Crippen LogP contribution in [0.25, 0.3) is 0 Å². The van der Waals surface area contributed by atoms with Crippen molar-refractivity contribution in [3.63, 3.8) is 0 Å². The van der Waals surface area contributed by atoms with Crippen LogP contribution in [0.3, 0.4) is 0 Å². The number of methoxy groups -OCH3 is 2. The fourth-order valence-electron chi connectivity index (χ4n) is 2.86. The molecule has 4 amide bonds. The Hall–Kier alpha value is -3.79. The zero-order valence-electron chi connectivity index (χ0n) is 19.6. The Labute approximate surface area is 202 Å². The fourth-order valence-corrected chi connectivity index (χ4v) is 3.16. The van der Waals surface area contributed by atoms with Gasteiger partial charge in [0.1, 0.15) is 16.9 Å². The quantitative estimate of drug-likeness (QED) is 0.484. The lowest BCUT2D eigenvalue weighted by Crippen LogP contribution is -2.53. The lowest BCUT2D eigenvalue weighted by Gasteiger charge is -2.26. The Morgan fingerprint density at radius 3 is 2.26 bits per heavy atom. The van der Waals surface area contributed by atoms with E-state index in [0.29, 0.717) is 5.56 Å². The summed E-state index contributed by atoms with van der Waals surface area (Å²) in [5.74, 6) is -1.37. The van der Waals surface area contributed by atoms with Crippen LogP contribution in [0.2, 0.25) is 5.02 Å². The van der Waals surface area contributed by atoms with Gasteiger partial charge in [-0.15, -0.1) is 0 Å². The minimum absolute atomic E-state index is 0.0662. The molecule has 0 bridgehead atoms. The Morgan fingerprint density at radius 2 is 1.71 bits per heavy atom. The van der Waals surface area contributed by atoms with Crippen molar-refractivity contribution >= 4 is 41.3 Å². The largest absolute Gasteiger partial charge is 0.496 e. The standard InChI is InChI=1S/C23H26ClN3O7/c1-13-8-7-9-16(24)18(13)19(28)25-21(30)27(26-22(31)34-23(2,3)4)14-10-11-15(20(29)33-6)17(12-14)32-5/h7-12H,1-6H3,(H,26,31)(H,25,28,30). The van der Waals surface area contributed by atoms with E-state index in [9.17, 15) is 19.2 Å². The lowest BCUT2D eigenvalue weighted by atomic mass is 10.1. The maximum Gasteiger partial charge on any atom is 0.427 e. The van der Waals surface area contributed by atoms with Gasteiger partial charge in [0.2, 0.25) is 0 Å². The summed E-state index contributed by atoms with van der Waals surface area (Å²) in [5, 5.41) is 3.10. The number of esters is 1. The van der Waals surface area contributed by atoms with Gasteiger partial charge >= 0.3 is 18.1 Å². The molecule has 0 saturated heterocycles. The molecule has 0 aliphatic rings. The average molecular weight is 492 g/mol. The highest BCUT2D eigenvalue weighted by Gasteiger charge is 2.27.